The Morgan fingerprint density at radius 2 is 1.64 bits per heavy atom. The Hall–Kier alpha value is -4.10. The number of hydrogen-bond donors (Lipinski definition) is 1. The highest BCUT2D eigenvalue weighted by molar-refractivity contribution is 7.90. The number of aromatic nitrogens is 2. The summed E-state index contributed by atoms with van der Waals surface area (Å²) in [6.45, 7) is 0.710. The number of sulfone groups is 1. The van der Waals surface area contributed by atoms with Crippen LogP contribution in [-0.4, -0.2) is 38.3 Å². The molecule has 0 aliphatic carbocycles. The van der Waals surface area contributed by atoms with E-state index >= 15 is 0 Å². The lowest BCUT2D eigenvalue weighted by atomic mass is 10.1. The molecule has 36 heavy (non-hydrogen) atoms. The SMILES string of the molecule is CN(C)c1ccc(-c2cc3cnc(Nc4cccc(S(C)(=O)=O)c4)cc3n2Cc2ccccc2)cc1. The molecule has 0 bridgehead atoms. The Morgan fingerprint density at radius 1 is 0.889 bits per heavy atom. The van der Waals surface area contributed by atoms with Gasteiger partial charge in [-0.05, 0) is 47.5 Å². The van der Waals surface area contributed by atoms with E-state index < -0.39 is 9.84 Å². The highest BCUT2D eigenvalue weighted by atomic mass is 32.2. The predicted molar refractivity (Wildman–Crippen MR) is 148 cm³/mol. The first kappa shape index (κ1) is 23.6. The molecule has 0 aliphatic rings. The number of rotatable bonds is 7. The Balaban J connectivity index is 1.58. The predicted octanol–water partition coefficient (Wildman–Crippen LogP) is 5.96. The summed E-state index contributed by atoms with van der Waals surface area (Å²) < 4.78 is 26.3. The van der Waals surface area contributed by atoms with Gasteiger partial charge in [0.1, 0.15) is 5.82 Å². The van der Waals surface area contributed by atoms with E-state index in [1.54, 1.807) is 18.2 Å². The molecule has 0 radical (unpaired) electrons. The van der Waals surface area contributed by atoms with Crippen molar-refractivity contribution >= 4 is 37.9 Å². The fourth-order valence-electron chi connectivity index (χ4n) is 4.28. The number of nitrogens with zero attached hydrogens (tertiary/aromatic N) is 3. The van der Waals surface area contributed by atoms with E-state index in [2.05, 4.69) is 74.4 Å². The fraction of sp³-hybridized carbons (Fsp3) is 0.138. The minimum absolute atomic E-state index is 0.268. The summed E-state index contributed by atoms with van der Waals surface area (Å²) in [6, 6.07) is 29.9. The summed E-state index contributed by atoms with van der Waals surface area (Å²) in [7, 11) is 0.773. The molecule has 182 valence electrons. The van der Waals surface area contributed by atoms with Crippen molar-refractivity contribution in [3.8, 4) is 11.3 Å². The van der Waals surface area contributed by atoms with Crippen LogP contribution in [0.4, 0.5) is 17.2 Å². The van der Waals surface area contributed by atoms with Gasteiger partial charge in [0.05, 0.1) is 10.4 Å². The van der Waals surface area contributed by atoms with Crippen LogP contribution in [0.15, 0.2) is 102 Å². The van der Waals surface area contributed by atoms with E-state index in [9.17, 15) is 8.42 Å². The summed E-state index contributed by atoms with van der Waals surface area (Å²) in [6.07, 6.45) is 3.07. The molecule has 0 fully saturated rings. The molecule has 5 aromatic rings. The Kier molecular flexibility index (Phi) is 6.24. The van der Waals surface area contributed by atoms with E-state index in [-0.39, 0.29) is 4.90 Å². The molecule has 2 aromatic heterocycles. The number of pyridine rings is 1. The fourth-order valence-corrected chi connectivity index (χ4v) is 4.95. The molecule has 1 N–H and O–H groups in total. The molecule has 0 unspecified atom stereocenters. The van der Waals surface area contributed by atoms with Crippen molar-refractivity contribution in [2.75, 3.05) is 30.6 Å². The maximum absolute atomic E-state index is 12.0. The van der Waals surface area contributed by atoms with Crippen LogP contribution >= 0.6 is 0 Å². The highest BCUT2D eigenvalue weighted by Crippen LogP contribution is 2.32. The smallest absolute Gasteiger partial charge is 0.175 e. The van der Waals surface area contributed by atoms with Crippen LogP contribution in [0.5, 0.6) is 0 Å². The quantitative estimate of drug-likeness (QED) is 0.301. The first-order chi connectivity index (χ1) is 17.3. The zero-order valence-corrected chi connectivity index (χ0v) is 21.3. The first-order valence-corrected chi connectivity index (χ1v) is 13.6. The van der Waals surface area contributed by atoms with Gasteiger partial charge in [-0.3, -0.25) is 0 Å². The Morgan fingerprint density at radius 3 is 2.33 bits per heavy atom. The van der Waals surface area contributed by atoms with E-state index in [4.69, 9.17) is 0 Å². The third-order valence-electron chi connectivity index (χ3n) is 6.18. The second kappa shape index (κ2) is 9.51. The molecule has 0 aliphatic heterocycles. The average molecular weight is 497 g/mol. The van der Waals surface area contributed by atoms with Crippen molar-refractivity contribution in [3.05, 3.63) is 103 Å². The van der Waals surface area contributed by atoms with Gasteiger partial charge in [0.15, 0.2) is 9.84 Å². The standard InChI is InChI=1S/C29H28N4O2S/c1-32(2)25-14-12-22(13-15-25)27-16-23-19-30-29(31-24-10-7-11-26(17-24)36(3,34)35)18-28(23)33(27)20-21-8-5-4-6-9-21/h4-19H,20H2,1-3H3,(H,30,31). The molecule has 3 aromatic carbocycles. The van der Waals surface area contributed by atoms with Gasteiger partial charge in [-0.15, -0.1) is 0 Å². The normalized spacial score (nSPS) is 11.5. The lowest BCUT2D eigenvalue weighted by Crippen LogP contribution is -2.08. The second-order valence-corrected chi connectivity index (χ2v) is 11.1. The zero-order chi connectivity index (χ0) is 25.3. The van der Waals surface area contributed by atoms with Gasteiger partial charge in [-0.25, -0.2) is 13.4 Å². The number of fused-ring (bicyclic) bond motifs is 1. The monoisotopic (exact) mass is 496 g/mol. The minimum atomic E-state index is -3.30. The highest BCUT2D eigenvalue weighted by Gasteiger charge is 2.14. The molecule has 0 amide bonds. The third kappa shape index (κ3) is 4.97. The van der Waals surface area contributed by atoms with Gasteiger partial charge in [0, 0.05) is 61.6 Å². The van der Waals surface area contributed by atoms with Crippen LogP contribution in [0.3, 0.4) is 0 Å². The Bertz CT molecular complexity index is 1620. The summed E-state index contributed by atoms with van der Waals surface area (Å²) in [4.78, 5) is 6.96. The van der Waals surface area contributed by atoms with Crippen LogP contribution in [0, 0.1) is 0 Å². The van der Waals surface area contributed by atoms with Gasteiger partial charge in [-0.1, -0.05) is 48.5 Å². The summed E-state index contributed by atoms with van der Waals surface area (Å²) in [5, 5.41) is 4.31. The largest absolute Gasteiger partial charge is 0.378 e. The topological polar surface area (TPSA) is 67.2 Å². The second-order valence-electron chi connectivity index (χ2n) is 9.10. The van der Waals surface area contributed by atoms with Gasteiger partial charge in [-0.2, -0.15) is 0 Å². The van der Waals surface area contributed by atoms with Crippen molar-refractivity contribution in [2.45, 2.75) is 11.4 Å². The molecule has 2 heterocycles. The van der Waals surface area contributed by atoms with Crippen LogP contribution < -0.4 is 10.2 Å². The molecule has 0 saturated carbocycles. The zero-order valence-electron chi connectivity index (χ0n) is 20.5. The molecule has 0 spiro atoms. The van der Waals surface area contributed by atoms with Crippen molar-refractivity contribution in [1.82, 2.24) is 9.55 Å². The van der Waals surface area contributed by atoms with Gasteiger partial charge < -0.3 is 14.8 Å². The molecule has 5 rings (SSSR count). The van der Waals surface area contributed by atoms with Crippen LogP contribution in [0.1, 0.15) is 5.56 Å². The van der Waals surface area contributed by atoms with E-state index in [1.165, 1.54) is 11.8 Å². The van der Waals surface area contributed by atoms with Crippen molar-refractivity contribution in [3.63, 3.8) is 0 Å². The number of benzene rings is 3. The van der Waals surface area contributed by atoms with E-state index in [0.29, 0.717) is 18.1 Å². The Labute approximate surface area is 211 Å². The molecule has 6 nitrogen and oxygen atoms in total. The summed E-state index contributed by atoms with van der Waals surface area (Å²) in [5.41, 5.74) is 6.30. The van der Waals surface area contributed by atoms with Crippen LogP contribution in [-0.2, 0) is 16.4 Å². The summed E-state index contributed by atoms with van der Waals surface area (Å²) in [5.74, 6) is 0.648. The minimum Gasteiger partial charge on any atom is -0.378 e. The maximum atomic E-state index is 12.0. The average Bonchev–Trinajstić information content (AvgIpc) is 3.22. The van der Waals surface area contributed by atoms with E-state index in [0.717, 1.165) is 27.8 Å². The van der Waals surface area contributed by atoms with E-state index in [1.807, 2.05) is 38.5 Å². The number of nitrogens with one attached hydrogen (secondary N) is 1. The van der Waals surface area contributed by atoms with Crippen molar-refractivity contribution in [2.24, 2.45) is 0 Å². The molecule has 0 saturated heterocycles. The first-order valence-electron chi connectivity index (χ1n) is 11.7. The molecular formula is C29H28N4O2S. The number of anilines is 3. The van der Waals surface area contributed by atoms with Crippen LogP contribution in [0.25, 0.3) is 22.2 Å². The van der Waals surface area contributed by atoms with Crippen LogP contribution in [0.2, 0.25) is 0 Å². The third-order valence-corrected chi connectivity index (χ3v) is 7.29. The van der Waals surface area contributed by atoms with Crippen molar-refractivity contribution < 1.29 is 8.42 Å². The van der Waals surface area contributed by atoms with Gasteiger partial charge in [0.2, 0.25) is 0 Å². The molecule has 0 atom stereocenters. The van der Waals surface area contributed by atoms with Gasteiger partial charge >= 0.3 is 0 Å². The number of hydrogen-bond acceptors (Lipinski definition) is 5. The van der Waals surface area contributed by atoms with Gasteiger partial charge in [0.25, 0.3) is 0 Å². The summed E-state index contributed by atoms with van der Waals surface area (Å²) >= 11 is 0. The molecular weight excluding hydrogens is 468 g/mol. The maximum Gasteiger partial charge on any atom is 0.175 e. The molecule has 7 heteroatoms. The van der Waals surface area contributed by atoms with Crippen molar-refractivity contribution in [1.29, 1.82) is 0 Å². The lowest BCUT2D eigenvalue weighted by molar-refractivity contribution is 0.602. The lowest BCUT2D eigenvalue weighted by Gasteiger charge is -2.15.